The van der Waals surface area contributed by atoms with Crippen molar-refractivity contribution in [2.24, 2.45) is 0 Å². The zero-order chi connectivity index (χ0) is 18.6. The lowest BCUT2D eigenvalue weighted by atomic mass is 10.1. The van der Waals surface area contributed by atoms with E-state index in [-0.39, 0.29) is 11.3 Å². The number of methoxy groups -OCH3 is 2. The second-order valence-electron chi connectivity index (χ2n) is 5.84. The minimum absolute atomic E-state index is 0.302. The van der Waals surface area contributed by atoms with Gasteiger partial charge >= 0.3 is 0 Å². The Morgan fingerprint density at radius 1 is 1.24 bits per heavy atom. The number of fused-ring (bicyclic) bond motifs is 1. The molecule has 0 unspecified atom stereocenters. The Kier molecular flexibility index (Phi) is 5.87. The highest BCUT2D eigenvalue weighted by Gasteiger charge is 2.20. The number of ether oxygens (including phenoxy) is 2. The number of carbonyl (C=O) groups is 1. The van der Waals surface area contributed by atoms with E-state index in [9.17, 15) is 14.7 Å². The third-order valence-electron chi connectivity index (χ3n) is 3.79. The summed E-state index contributed by atoms with van der Waals surface area (Å²) in [4.78, 5) is 29.1. The zero-order valence-corrected chi connectivity index (χ0v) is 14.8. The fraction of sp³-hybridized carbons (Fsp3) is 0.412. The smallest absolute Gasteiger partial charge is 0.265 e. The molecule has 0 aliphatic rings. The molecule has 0 aliphatic heterocycles. The fourth-order valence-corrected chi connectivity index (χ4v) is 2.50. The van der Waals surface area contributed by atoms with Crippen LogP contribution >= 0.6 is 0 Å². The van der Waals surface area contributed by atoms with Gasteiger partial charge < -0.3 is 29.8 Å². The molecule has 1 aromatic carbocycles. The van der Waals surface area contributed by atoms with E-state index in [2.05, 4.69) is 10.3 Å². The lowest BCUT2D eigenvalue weighted by Crippen LogP contribution is -2.31. The highest BCUT2D eigenvalue weighted by molar-refractivity contribution is 6.02. The molecular formula is C17H23N3O5. The first-order chi connectivity index (χ1) is 11.9. The number of pyridine rings is 1. The lowest BCUT2D eigenvalue weighted by Gasteiger charge is -2.12. The van der Waals surface area contributed by atoms with E-state index in [1.165, 1.54) is 26.4 Å². The van der Waals surface area contributed by atoms with Gasteiger partial charge in [-0.1, -0.05) is 0 Å². The van der Waals surface area contributed by atoms with Crippen LogP contribution in [-0.4, -0.2) is 62.3 Å². The number of amides is 1. The number of carbonyl (C=O) groups excluding carboxylic acids is 1. The molecule has 8 nitrogen and oxygen atoms in total. The first kappa shape index (κ1) is 18.6. The molecule has 1 amide bonds. The van der Waals surface area contributed by atoms with Crippen LogP contribution in [0, 0.1) is 0 Å². The van der Waals surface area contributed by atoms with Crippen molar-refractivity contribution >= 4 is 16.8 Å². The van der Waals surface area contributed by atoms with E-state index in [1.54, 1.807) is 0 Å². The highest BCUT2D eigenvalue weighted by Crippen LogP contribution is 2.35. The van der Waals surface area contributed by atoms with Gasteiger partial charge in [0.05, 0.1) is 19.7 Å². The standard InChI is InChI=1S/C17H23N3O5/c1-20(2)7-5-6-18-16(22)14-15(21)10-8-12(24-3)13(25-4)9-11(10)19-17(14)23/h8-9H,5-7H2,1-4H3,(H,18,22)(H2,19,21,23). The van der Waals surface area contributed by atoms with Crippen molar-refractivity contribution in [2.45, 2.75) is 6.42 Å². The van der Waals surface area contributed by atoms with E-state index >= 15 is 0 Å². The summed E-state index contributed by atoms with van der Waals surface area (Å²) >= 11 is 0. The maximum Gasteiger partial charge on any atom is 0.265 e. The molecule has 0 fully saturated rings. The molecule has 1 aromatic heterocycles. The first-order valence-electron chi connectivity index (χ1n) is 7.83. The number of nitrogens with one attached hydrogen (secondary N) is 2. The summed E-state index contributed by atoms with van der Waals surface area (Å²) < 4.78 is 10.4. The number of nitrogens with zero attached hydrogens (tertiary/aromatic N) is 1. The van der Waals surface area contributed by atoms with Crippen molar-refractivity contribution < 1.29 is 19.4 Å². The summed E-state index contributed by atoms with van der Waals surface area (Å²) in [5.41, 5.74) is -0.629. The minimum Gasteiger partial charge on any atom is -0.506 e. The molecule has 1 heterocycles. The molecule has 25 heavy (non-hydrogen) atoms. The van der Waals surface area contributed by atoms with Crippen molar-refractivity contribution in [3.05, 3.63) is 28.0 Å². The van der Waals surface area contributed by atoms with Crippen LogP contribution in [-0.2, 0) is 0 Å². The van der Waals surface area contributed by atoms with Gasteiger partial charge in [-0.2, -0.15) is 0 Å². The number of H-pyrrole nitrogens is 1. The fourth-order valence-electron chi connectivity index (χ4n) is 2.50. The summed E-state index contributed by atoms with van der Waals surface area (Å²) in [6.07, 6.45) is 0.732. The van der Waals surface area contributed by atoms with Crippen molar-refractivity contribution in [1.29, 1.82) is 0 Å². The number of aromatic amines is 1. The molecule has 3 N–H and O–H groups in total. The van der Waals surface area contributed by atoms with Gasteiger partial charge in [-0.3, -0.25) is 9.59 Å². The molecule has 0 atom stereocenters. The van der Waals surface area contributed by atoms with Crippen LogP contribution in [0.25, 0.3) is 10.9 Å². The third kappa shape index (κ3) is 4.03. The summed E-state index contributed by atoms with van der Waals surface area (Å²) in [6, 6.07) is 3.05. The number of rotatable bonds is 7. The van der Waals surface area contributed by atoms with Crippen molar-refractivity contribution in [1.82, 2.24) is 15.2 Å². The van der Waals surface area contributed by atoms with Crippen LogP contribution in [0.4, 0.5) is 0 Å². The van der Waals surface area contributed by atoms with Gasteiger partial charge in [0, 0.05) is 18.0 Å². The van der Waals surface area contributed by atoms with Crippen LogP contribution < -0.4 is 20.3 Å². The number of aromatic hydroxyl groups is 1. The van der Waals surface area contributed by atoms with Crippen LogP contribution in [0.5, 0.6) is 17.2 Å². The quantitative estimate of drug-likeness (QED) is 0.643. The Morgan fingerprint density at radius 3 is 2.48 bits per heavy atom. The SMILES string of the molecule is COc1cc2[nH]c(=O)c(C(=O)NCCCN(C)C)c(O)c2cc1OC. The van der Waals surface area contributed by atoms with Gasteiger partial charge in [0.25, 0.3) is 11.5 Å². The number of hydrogen-bond acceptors (Lipinski definition) is 6. The van der Waals surface area contributed by atoms with Gasteiger partial charge in [0.1, 0.15) is 11.3 Å². The molecule has 8 heteroatoms. The highest BCUT2D eigenvalue weighted by atomic mass is 16.5. The lowest BCUT2D eigenvalue weighted by molar-refractivity contribution is 0.0948. The molecule has 136 valence electrons. The number of benzene rings is 1. The van der Waals surface area contributed by atoms with Gasteiger partial charge in [0.15, 0.2) is 11.5 Å². The monoisotopic (exact) mass is 349 g/mol. The molecule has 2 aromatic rings. The van der Waals surface area contributed by atoms with Gasteiger partial charge in [0.2, 0.25) is 0 Å². The van der Waals surface area contributed by atoms with E-state index < -0.39 is 11.5 Å². The van der Waals surface area contributed by atoms with E-state index in [4.69, 9.17) is 9.47 Å². The second kappa shape index (κ2) is 7.89. The largest absolute Gasteiger partial charge is 0.506 e. The van der Waals surface area contributed by atoms with Crippen LogP contribution in [0.2, 0.25) is 0 Å². The van der Waals surface area contributed by atoms with Crippen LogP contribution in [0.15, 0.2) is 16.9 Å². The number of hydrogen-bond donors (Lipinski definition) is 3. The molecule has 0 aliphatic carbocycles. The third-order valence-corrected chi connectivity index (χ3v) is 3.79. The Hall–Kier alpha value is -2.74. The Balaban J connectivity index is 2.37. The Bertz CT molecular complexity index is 829. The molecule has 0 spiro atoms. The molecule has 0 saturated heterocycles. The molecular weight excluding hydrogens is 326 g/mol. The van der Waals surface area contributed by atoms with E-state index in [1.807, 2.05) is 19.0 Å². The maximum atomic E-state index is 12.3. The molecule has 0 radical (unpaired) electrons. The van der Waals surface area contributed by atoms with E-state index in [0.29, 0.717) is 28.9 Å². The van der Waals surface area contributed by atoms with Crippen molar-refractivity contribution in [3.8, 4) is 17.2 Å². The summed E-state index contributed by atoms with van der Waals surface area (Å²) in [5.74, 6) is -0.209. The summed E-state index contributed by atoms with van der Waals surface area (Å²) in [7, 11) is 6.80. The Morgan fingerprint density at radius 2 is 1.88 bits per heavy atom. The van der Waals surface area contributed by atoms with Gasteiger partial charge in [-0.25, -0.2) is 0 Å². The van der Waals surface area contributed by atoms with Gasteiger partial charge in [-0.15, -0.1) is 0 Å². The minimum atomic E-state index is -0.665. The van der Waals surface area contributed by atoms with Crippen LogP contribution in [0.3, 0.4) is 0 Å². The zero-order valence-electron chi connectivity index (χ0n) is 14.8. The average molecular weight is 349 g/mol. The maximum absolute atomic E-state index is 12.3. The number of aromatic nitrogens is 1. The van der Waals surface area contributed by atoms with Crippen LogP contribution in [0.1, 0.15) is 16.8 Å². The first-order valence-corrected chi connectivity index (χ1v) is 7.83. The Labute approximate surface area is 145 Å². The molecule has 2 rings (SSSR count). The van der Waals surface area contributed by atoms with E-state index in [0.717, 1.165) is 13.0 Å². The van der Waals surface area contributed by atoms with Gasteiger partial charge in [-0.05, 0) is 33.1 Å². The molecule has 0 bridgehead atoms. The molecule has 0 saturated carbocycles. The summed E-state index contributed by atoms with van der Waals surface area (Å²) in [5, 5.41) is 13.4. The topological polar surface area (TPSA) is 104 Å². The second-order valence-corrected chi connectivity index (χ2v) is 5.84. The summed E-state index contributed by atoms with van der Waals surface area (Å²) in [6.45, 7) is 1.21. The van der Waals surface area contributed by atoms with Crippen molar-refractivity contribution in [2.75, 3.05) is 41.4 Å². The predicted octanol–water partition coefficient (Wildman–Crippen LogP) is 0.932. The normalized spacial score (nSPS) is 10.9. The van der Waals surface area contributed by atoms with Crippen molar-refractivity contribution in [3.63, 3.8) is 0 Å². The average Bonchev–Trinajstić information content (AvgIpc) is 2.57. The predicted molar refractivity (Wildman–Crippen MR) is 94.8 cm³/mol.